The lowest BCUT2D eigenvalue weighted by molar-refractivity contribution is -0.143. The molecule has 0 aliphatic heterocycles. The number of aliphatic carboxylic acids is 1. The normalized spacial score (nSPS) is 15.3. The first kappa shape index (κ1) is 30.6. The molecular formula is C22H45N5O4S. The van der Waals surface area contributed by atoms with E-state index in [1.807, 2.05) is 6.26 Å². The largest absolute Gasteiger partial charge is 0.480 e. The summed E-state index contributed by atoms with van der Waals surface area (Å²) in [5, 5.41) is 15.1. The monoisotopic (exact) mass is 475 g/mol. The molecular weight excluding hydrogens is 430 g/mol. The zero-order valence-electron chi connectivity index (χ0n) is 21.2. The number of rotatable bonds is 13. The van der Waals surface area contributed by atoms with Crippen LogP contribution in [-0.4, -0.2) is 64.1 Å². The molecule has 0 aromatic carbocycles. The second kappa shape index (κ2) is 11.2. The third-order valence-corrected chi connectivity index (χ3v) is 6.27. The minimum atomic E-state index is -1.12. The van der Waals surface area contributed by atoms with Gasteiger partial charge in [0.25, 0.3) is 0 Å². The Morgan fingerprint density at radius 1 is 0.938 bits per heavy atom. The van der Waals surface area contributed by atoms with Crippen molar-refractivity contribution in [1.29, 1.82) is 0 Å². The second-order valence-electron chi connectivity index (χ2n) is 11.3. The van der Waals surface area contributed by atoms with Crippen molar-refractivity contribution in [2.75, 3.05) is 12.0 Å². The number of amides is 2. The van der Waals surface area contributed by atoms with E-state index in [0.717, 1.165) is 0 Å². The van der Waals surface area contributed by atoms with E-state index in [9.17, 15) is 19.5 Å². The van der Waals surface area contributed by atoms with Crippen LogP contribution in [0.15, 0.2) is 0 Å². The van der Waals surface area contributed by atoms with Crippen LogP contribution in [0.3, 0.4) is 0 Å². The molecule has 0 aliphatic carbocycles. The first-order valence-electron chi connectivity index (χ1n) is 10.8. The SMILES string of the molecule is CSCCC(NC(=O)C(C)(C)CC(C)(C)C(N)C(=O)O)C(=O)NC(C(C)(C)N)C(C)(C)N. The van der Waals surface area contributed by atoms with Crippen molar-refractivity contribution >= 4 is 29.5 Å². The van der Waals surface area contributed by atoms with Gasteiger partial charge in [-0.05, 0) is 58.0 Å². The molecule has 0 aromatic heterocycles. The maximum Gasteiger partial charge on any atom is 0.321 e. The summed E-state index contributed by atoms with van der Waals surface area (Å²) in [6.45, 7) is 14.0. The third-order valence-electron chi connectivity index (χ3n) is 5.63. The molecule has 2 unspecified atom stereocenters. The van der Waals surface area contributed by atoms with Gasteiger partial charge >= 0.3 is 5.97 Å². The molecule has 2 atom stereocenters. The minimum Gasteiger partial charge on any atom is -0.480 e. The van der Waals surface area contributed by atoms with Gasteiger partial charge in [0.1, 0.15) is 12.1 Å². The van der Waals surface area contributed by atoms with Crippen LogP contribution in [0, 0.1) is 10.8 Å². The number of carboxylic acids is 1. The van der Waals surface area contributed by atoms with Crippen molar-refractivity contribution < 1.29 is 19.5 Å². The molecule has 0 aromatic rings. The fourth-order valence-electron chi connectivity index (χ4n) is 4.10. The van der Waals surface area contributed by atoms with Crippen molar-refractivity contribution in [2.45, 2.75) is 97.4 Å². The summed E-state index contributed by atoms with van der Waals surface area (Å²) in [4.78, 5) is 37.7. The smallest absolute Gasteiger partial charge is 0.321 e. The summed E-state index contributed by atoms with van der Waals surface area (Å²) in [6.07, 6.45) is 2.57. The van der Waals surface area contributed by atoms with E-state index in [1.54, 1.807) is 67.2 Å². The third kappa shape index (κ3) is 9.25. The maximum atomic E-state index is 13.2. The van der Waals surface area contributed by atoms with Gasteiger partial charge in [0.05, 0.1) is 6.04 Å². The molecule has 10 heteroatoms. The average molecular weight is 476 g/mol. The number of hydrogen-bond donors (Lipinski definition) is 6. The number of thioether (sulfide) groups is 1. The number of carboxylic acid groups (broad SMARTS) is 1. The van der Waals surface area contributed by atoms with Gasteiger partial charge in [-0.15, -0.1) is 0 Å². The highest BCUT2D eigenvalue weighted by Crippen LogP contribution is 2.36. The molecule has 188 valence electrons. The molecule has 0 saturated heterocycles. The van der Waals surface area contributed by atoms with E-state index in [0.29, 0.717) is 12.2 Å². The summed E-state index contributed by atoms with van der Waals surface area (Å²) < 4.78 is 0. The lowest BCUT2D eigenvalue weighted by atomic mass is 9.70. The zero-order valence-corrected chi connectivity index (χ0v) is 22.0. The number of carbonyl (C=O) groups is 3. The van der Waals surface area contributed by atoms with Crippen molar-refractivity contribution in [3.8, 4) is 0 Å². The van der Waals surface area contributed by atoms with Crippen LogP contribution in [0.25, 0.3) is 0 Å². The lowest BCUT2D eigenvalue weighted by Gasteiger charge is -2.41. The van der Waals surface area contributed by atoms with Gasteiger partial charge in [0.15, 0.2) is 0 Å². The fraction of sp³-hybridized carbons (Fsp3) is 0.864. The Kier molecular flexibility index (Phi) is 10.7. The molecule has 0 heterocycles. The Balaban J connectivity index is 5.63. The Labute approximate surface area is 197 Å². The minimum absolute atomic E-state index is 0.227. The van der Waals surface area contributed by atoms with Gasteiger partial charge in [-0.25, -0.2) is 0 Å². The first-order valence-corrected chi connectivity index (χ1v) is 12.2. The summed E-state index contributed by atoms with van der Waals surface area (Å²) in [5.41, 5.74) is 15.0. The van der Waals surface area contributed by atoms with Crippen LogP contribution in [0.5, 0.6) is 0 Å². The fourth-order valence-corrected chi connectivity index (χ4v) is 4.57. The first-order chi connectivity index (χ1) is 14.2. The van der Waals surface area contributed by atoms with E-state index in [4.69, 9.17) is 17.2 Å². The van der Waals surface area contributed by atoms with Crippen LogP contribution < -0.4 is 27.8 Å². The van der Waals surface area contributed by atoms with E-state index in [-0.39, 0.29) is 18.2 Å². The number of carbonyl (C=O) groups excluding carboxylic acids is 2. The molecule has 0 spiro atoms. The molecule has 0 fully saturated rings. The van der Waals surface area contributed by atoms with E-state index < -0.39 is 46.0 Å². The molecule has 32 heavy (non-hydrogen) atoms. The molecule has 9 nitrogen and oxygen atoms in total. The molecule has 0 rings (SSSR count). The summed E-state index contributed by atoms with van der Waals surface area (Å²) in [6, 6.07) is -2.43. The zero-order chi connectivity index (χ0) is 25.7. The quantitative estimate of drug-likeness (QED) is 0.229. The van der Waals surface area contributed by atoms with Gasteiger partial charge in [-0.2, -0.15) is 11.8 Å². The van der Waals surface area contributed by atoms with E-state index in [1.165, 1.54) is 0 Å². The predicted molar refractivity (Wildman–Crippen MR) is 131 cm³/mol. The Bertz CT molecular complexity index is 654. The molecule has 2 amide bonds. The van der Waals surface area contributed by atoms with Crippen LogP contribution in [-0.2, 0) is 14.4 Å². The summed E-state index contributed by atoms with van der Waals surface area (Å²) in [5.74, 6) is -1.16. The Morgan fingerprint density at radius 3 is 1.78 bits per heavy atom. The molecule has 0 radical (unpaired) electrons. The lowest BCUT2D eigenvalue weighted by Crippen LogP contribution is -2.68. The molecule has 9 N–H and O–H groups in total. The van der Waals surface area contributed by atoms with Crippen LogP contribution in [0.2, 0.25) is 0 Å². The van der Waals surface area contributed by atoms with Gasteiger partial charge in [-0.1, -0.05) is 27.7 Å². The van der Waals surface area contributed by atoms with Crippen molar-refractivity contribution in [2.24, 2.45) is 28.0 Å². The van der Waals surface area contributed by atoms with Gasteiger partial charge in [-0.3, -0.25) is 14.4 Å². The highest BCUT2D eigenvalue weighted by atomic mass is 32.2. The van der Waals surface area contributed by atoms with E-state index in [2.05, 4.69) is 10.6 Å². The average Bonchev–Trinajstić information content (AvgIpc) is 2.58. The Morgan fingerprint density at radius 2 is 1.41 bits per heavy atom. The predicted octanol–water partition coefficient (Wildman–Crippen LogP) is 1.04. The van der Waals surface area contributed by atoms with Crippen LogP contribution in [0.4, 0.5) is 0 Å². The highest BCUT2D eigenvalue weighted by Gasteiger charge is 2.42. The van der Waals surface area contributed by atoms with Gasteiger partial charge in [0.2, 0.25) is 11.8 Å². The van der Waals surface area contributed by atoms with Crippen LogP contribution in [0.1, 0.15) is 68.2 Å². The topological polar surface area (TPSA) is 174 Å². The molecule has 0 bridgehead atoms. The number of nitrogens with one attached hydrogen (secondary N) is 2. The van der Waals surface area contributed by atoms with Crippen LogP contribution >= 0.6 is 11.8 Å². The summed E-state index contributed by atoms with van der Waals surface area (Å²) >= 11 is 1.57. The van der Waals surface area contributed by atoms with Gasteiger partial charge < -0.3 is 32.9 Å². The van der Waals surface area contributed by atoms with Crippen molar-refractivity contribution in [3.63, 3.8) is 0 Å². The maximum absolute atomic E-state index is 13.2. The second-order valence-corrected chi connectivity index (χ2v) is 12.2. The Hall–Kier alpha value is -1.36. The molecule has 0 aliphatic rings. The number of nitrogens with two attached hydrogens (primary N) is 3. The van der Waals surface area contributed by atoms with Crippen molar-refractivity contribution in [3.05, 3.63) is 0 Å². The summed E-state index contributed by atoms with van der Waals surface area (Å²) in [7, 11) is 0. The van der Waals surface area contributed by atoms with Crippen molar-refractivity contribution in [1.82, 2.24) is 10.6 Å². The standard InChI is InChI=1S/C22H45N5O4S/c1-19(2,14(23)16(29)30)12-20(3,4)18(31)26-13(10-11-32-9)15(28)27-17(21(5,6)24)22(7,8)25/h13-14,17H,10-12,23-25H2,1-9H3,(H,26,31)(H,27,28)(H,29,30). The van der Waals surface area contributed by atoms with E-state index >= 15 is 0 Å². The highest BCUT2D eigenvalue weighted by molar-refractivity contribution is 7.98. The molecule has 0 saturated carbocycles. The number of hydrogen-bond acceptors (Lipinski definition) is 7. The van der Waals surface area contributed by atoms with Gasteiger partial charge in [0, 0.05) is 16.5 Å².